The van der Waals surface area contributed by atoms with Crippen LogP contribution in [0.4, 0.5) is 11.4 Å². The van der Waals surface area contributed by atoms with Crippen LogP contribution < -0.4 is 10.2 Å². The van der Waals surface area contributed by atoms with Crippen LogP contribution in [0.3, 0.4) is 0 Å². The number of benzene rings is 2. The van der Waals surface area contributed by atoms with E-state index in [2.05, 4.69) is 5.32 Å². The second-order valence-electron chi connectivity index (χ2n) is 8.25. The van der Waals surface area contributed by atoms with Crippen molar-refractivity contribution in [1.29, 1.82) is 0 Å². The SMILES string of the molecule is CC(=O)N1c2ccc(S(=O)(=O)N3CCCC3)cc2CC1C(=O)Nc1cccc(C)c1C. The Balaban J connectivity index is 1.63. The molecule has 2 aliphatic heterocycles. The number of hydrogen-bond donors (Lipinski definition) is 1. The predicted octanol–water partition coefficient (Wildman–Crippen LogP) is 3.00. The number of rotatable bonds is 4. The van der Waals surface area contributed by atoms with Crippen LogP contribution in [0, 0.1) is 13.8 Å². The van der Waals surface area contributed by atoms with Gasteiger partial charge in [-0.1, -0.05) is 12.1 Å². The van der Waals surface area contributed by atoms with Crippen molar-refractivity contribution in [1.82, 2.24) is 4.31 Å². The number of carbonyl (C=O) groups excluding carboxylic acids is 2. The van der Waals surface area contributed by atoms with Gasteiger partial charge in [-0.15, -0.1) is 0 Å². The third kappa shape index (κ3) is 3.85. The minimum absolute atomic E-state index is 0.215. The molecule has 0 aliphatic carbocycles. The molecule has 1 atom stereocenters. The summed E-state index contributed by atoms with van der Waals surface area (Å²) in [5.74, 6) is -0.543. The zero-order chi connectivity index (χ0) is 22.3. The zero-order valence-electron chi connectivity index (χ0n) is 18.0. The van der Waals surface area contributed by atoms with E-state index in [0.29, 0.717) is 30.0 Å². The molecule has 164 valence electrons. The van der Waals surface area contributed by atoms with Gasteiger partial charge in [0.2, 0.25) is 21.8 Å². The lowest BCUT2D eigenvalue weighted by atomic mass is 10.1. The molecule has 31 heavy (non-hydrogen) atoms. The summed E-state index contributed by atoms with van der Waals surface area (Å²) in [5, 5.41) is 2.94. The van der Waals surface area contributed by atoms with Crippen LogP contribution in [0.25, 0.3) is 0 Å². The predicted molar refractivity (Wildman–Crippen MR) is 120 cm³/mol. The molecular weight excluding hydrogens is 414 g/mol. The zero-order valence-corrected chi connectivity index (χ0v) is 18.8. The number of aryl methyl sites for hydroxylation is 1. The highest BCUT2D eigenvalue weighted by molar-refractivity contribution is 7.89. The summed E-state index contributed by atoms with van der Waals surface area (Å²) in [6, 6.07) is 9.75. The van der Waals surface area contributed by atoms with Crippen LogP contribution in [0.2, 0.25) is 0 Å². The topological polar surface area (TPSA) is 86.8 Å². The molecule has 0 aromatic heterocycles. The van der Waals surface area contributed by atoms with Crippen molar-refractivity contribution in [3.8, 4) is 0 Å². The van der Waals surface area contributed by atoms with Gasteiger partial charge >= 0.3 is 0 Å². The number of anilines is 2. The van der Waals surface area contributed by atoms with E-state index in [0.717, 1.165) is 24.0 Å². The van der Waals surface area contributed by atoms with E-state index >= 15 is 0 Å². The monoisotopic (exact) mass is 441 g/mol. The van der Waals surface area contributed by atoms with Crippen molar-refractivity contribution in [3.05, 3.63) is 53.1 Å². The number of nitrogens with one attached hydrogen (secondary N) is 1. The average molecular weight is 442 g/mol. The maximum Gasteiger partial charge on any atom is 0.247 e. The molecule has 2 aliphatic rings. The Morgan fingerprint density at radius 2 is 1.77 bits per heavy atom. The fourth-order valence-electron chi connectivity index (χ4n) is 4.37. The molecule has 2 amide bonds. The summed E-state index contributed by atoms with van der Waals surface area (Å²) >= 11 is 0. The largest absolute Gasteiger partial charge is 0.324 e. The van der Waals surface area contributed by atoms with Crippen molar-refractivity contribution in [3.63, 3.8) is 0 Å². The van der Waals surface area contributed by atoms with Crippen LogP contribution in [0.15, 0.2) is 41.3 Å². The van der Waals surface area contributed by atoms with E-state index in [-0.39, 0.29) is 23.1 Å². The van der Waals surface area contributed by atoms with Gasteiger partial charge in [-0.25, -0.2) is 8.42 Å². The van der Waals surface area contributed by atoms with E-state index in [4.69, 9.17) is 0 Å². The average Bonchev–Trinajstić information content (AvgIpc) is 3.39. The number of amides is 2. The lowest BCUT2D eigenvalue weighted by molar-refractivity contribution is -0.122. The molecule has 2 aromatic carbocycles. The molecule has 2 heterocycles. The van der Waals surface area contributed by atoms with Crippen LogP contribution in [-0.2, 0) is 26.0 Å². The molecule has 0 radical (unpaired) electrons. The Kier molecular flexibility index (Phi) is 5.61. The second kappa shape index (κ2) is 8.09. The first kappa shape index (κ1) is 21.5. The molecule has 1 N–H and O–H groups in total. The first-order chi connectivity index (χ1) is 14.7. The molecule has 7 nitrogen and oxygen atoms in total. The van der Waals surface area contributed by atoms with Gasteiger partial charge in [0.1, 0.15) is 6.04 Å². The number of hydrogen-bond acceptors (Lipinski definition) is 4. The number of carbonyl (C=O) groups is 2. The molecule has 1 saturated heterocycles. The molecular formula is C23H27N3O4S. The summed E-state index contributed by atoms with van der Waals surface area (Å²) in [4.78, 5) is 27.2. The van der Waals surface area contributed by atoms with Crippen molar-refractivity contribution in [2.24, 2.45) is 0 Å². The van der Waals surface area contributed by atoms with E-state index in [9.17, 15) is 18.0 Å². The Morgan fingerprint density at radius 1 is 1.06 bits per heavy atom. The summed E-state index contributed by atoms with van der Waals surface area (Å²) in [6.07, 6.45) is 2.00. The fraction of sp³-hybridized carbons (Fsp3) is 0.391. The smallest absolute Gasteiger partial charge is 0.247 e. The molecule has 4 rings (SSSR count). The lowest BCUT2D eigenvalue weighted by Gasteiger charge is -2.24. The summed E-state index contributed by atoms with van der Waals surface area (Å²) < 4.78 is 27.4. The Hall–Kier alpha value is -2.71. The Labute approximate surface area is 183 Å². The molecule has 1 fully saturated rings. The third-order valence-corrected chi connectivity index (χ3v) is 8.14. The Morgan fingerprint density at radius 3 is 2.45 bits per heavy atom. The van der Waals surface area contributed by atoms with E-state index < -0.39 is 16.1 Å². The second-order valence-corrected chi connectivity index (χ2v) is 10.2. The number of fused-ring (bicyclic) bond motifs is 1. The van der Waals surface area contributed by atoms with E-state index in [1.807, 2.05) is 32.0 Å². The fourth-order valence-corrected chi connectivity index (χ4v) is 5.94. The summed E-state index contributed by atoms with van der Waals surface area (Å²) in [5.41, 5.74) is 4.03. The van der Waals surface area contributed by atoms with Crippen molar-refractivity contribution in [2.45, 2.75) is 51.0 Å². The minimum atomic E-state index is -3.57. The van der Waals surface area contributed by atoms with Gasteiger partial charge in [0, 0.05) is 37.8 Å². The lowest BCUT2D eigenvalue weighted by Crippen LogP contribution is -2.44. The maximum absolute atomic E-state index is 13.1. The standard InChI is InChI=1S/C23H27N3O4S/c1-15-7-6-8-20(16(15)2)24-23(28)22-14-18-13-19(9-10-21(18)26(22)17(3)27)31(29,30)25-11-4-5-12-25/h6-10,13,22H,4-5,11-12,14H2,1-3H3,(H,24,28). The molecule has 0 spiro atoms. The molecule has 8 heteroatoms. The number of nitrogens with zero attached hydrogens (tertiary/aromatic N) is 2. The van der Waals surface area contributed by atoms with Gasteiger partial charge in [-0.3, -0.25) is 14.5 Å². The first-order valence-corrected chi connectivity index (χ1v) is 11.9. The van der Waals surface area contributed by atoms with Gasteiger partial charge < -0.3 is 5.32 Å². The molecule has 0 saturated carbocycles. The van der Waals surface area contributed by atoms with Crippen molar-refractivity contribution >= 4 is 33.2 Å². The van der Waals surface area contributed by atoms with Crippen LogP contribution in [-0.4, -0.2) is 43.7 Å². The van der Waals surface area contributed by atoms with Crippen molar-refractivity contribution < 1.29 is 18.0 Å². The third-order valence-electron chi connectivity index (χ3n) is 6.24. The van der Waals surface area contributed by atoms with E-state index in [1.165, 1.54) is 22.2 Å². The van der Waals surface area contributed by atoms with Crippen molar-refractivity contribution in [2.75, 3.05) is 23.3 Å². The van der Waals surface area contributed by atoms with Crippen LogP contribution >= 0.6 is 0 Å². The minimum Gasteiger partial charge on any atom is -0.324 e. The maximum atomic E-state index is 13.1. The van der Waals surface area contributed by atoms with Gasteiger partial charge in [0.25, 0.3) is 0 Å². The highest BCUT2D eigenvalue weighted by Crippen LogP contribution is 2.36. The molecule has 2 aromatic rings. The Bertz CT molecular complexity index is 1150. The van der Waals surface area contributed by atoms with Gasteiger partial charge in [-0.2, -0.15) is 4.31 Å². The summed E-state index contributed by atoms with van der Waals surface area (Å²) in [7, 11) is -3.57. The van der Waals surface area contributed by atoms with Crippen LogP contribution in [0.1, 0.15) is 36.5 Å². The highest BCUT2D eigenvalue weighted by Gasteiger charge is 2.38. The first-order valence-electron chi connectivity index (χ1n) is 10.5. The van der Waals surface area contributed by atoms with E-state index in [1.54, 1.807) is 12.1 Å². The molecule has 0 bridgehead atoms. The van der Waals surface area contributed by atoms with Gasteiger partial charge in [-0.05, 0) is 67.6 Å². The van der Waals surface area contributed by atoms with Crippen LogP contribution in [0.5, 0.6) is 0 Å². The molecule has 1 unspecified atom stereocenters. The summed E-state index contributed by atoms with van der Waals surface area (Å²) in [6.45, 7) is 6.38. The highest BCUT2D eigenvalue weighted by atomic mass is 32.2. The quantitative estimate of drug-likeness (QED) is 0.790. The normalized spacial score (nSPS) is 18.8. The van der Waals surface area contributed by atoms with Gasteiger partial charge in [0.15, 0.2) is 0 Å². The van der Waals surface area contributed by atoms with Gasteiger partial charge in [0.05, 0.1) is 4.90 Å². The number of sulfonamides is 1.